The standard InChI is InChI=1S/C26H26N2OS/c27-18-26(22-8-10-23(11-9-22)29-16-19-6-7-19)14-12-21(13-15-26)25-28-24(17-30-25)20-4-2-1-3-5-20/h1-5,8-11,17,19,21H,6-7,12-16H2. The van der Waals surface area contributed by atoms with Crippen molar-refractivity contribution < 1.29 is 4.74 Å². The fourth-order valence-corrected chi connectivity index (χ4v) is 5.41. The van der Waals surface area contributed by atoms with Crippen LogP contribution in [0, 0.1) is 17.2 Å². The van der Waals surface area contributed by atoms with Crippen LogP contribution in [0.2, 0.25) is 0 Å². The van der Waals surface area contributed by atoms with Crippen molar-refractivity contribution in [1.82, 2.24) is 4.98 Å². The number of rotatable bonds is 6. The summed E-state index contributed by atoms with van der Waals surface area (Å²) in [6, 6.07) is 21.3. The normalized spacial score (nSPS) is 23.6. The lowest BCUT2D eigenvalue weighted by molar-refractivity contribution is 0.299. The monoisotopic (exact) mass is 414 g/mol. The molecule has 0 N–H and O–H groups in total. The predicted molar refractivity (Wildman–Crippen MR) is 121 cm³/mol. The van der Waals surface area contributed by atoms with Gasteiger partial charge in [0.25, 0.3) is 0 Å². The highest BCUT2D eigenvalue weighted by molar-refractivity contribution is 7.10. The number of hydrogen-bond acceptors (Lipinski definition) is 4. The molecule has 0 spiro atoms. The molecule has 3 nitrogen and oxygen atoms in total. The summed E-state index contributed by atoms with van der Waals surface area (Å²) in [5.74, 6) is 2.12. The third-order valence-electron chi connectivity index (χ3n) is 6.58. The minimum absolute atomic E-state index is 0.384. The van der Waals surface area contributed by atoms with Gasteiger partial charge in [-0.1, -0.05) is 42.5 Å². The van der Waals surface area contributed by atoms with Crippen LogP contribution in [0.3, 0.4) is 0 Å². The largest absolute Gasteiger partial charge is 0.493 e. The van der Waals surface area contributed by atoms with Crippen LogP contribution in [0.4, 0.5) is 0 Å². The average Bonchev–Trinajstić information content (AvgIpc) is 3.52. The molecule has 2 aliphatic carbocycles. The van der Waals surface area contributed by atoms with E-state index in [1.807, 2.05) is 18.2 Å². The van der Waals surface area contributed by atoms with Crippen molar-refractivity contribution in [2.24, 2.45) is 5.92 Å². The first-order valence-corrected chi connectivity index (χ1v) is 11.8. The second-order valence-electron chi connectivity index (χ2n) is 8.68. The van der Waals surface area contributed by atoms with Crippen molar-refractivity contribution in [2.45, 2.75) is 49.9 Å². The summed E-state index contributed by atoms with van der Waals surface area (Å²) < 4.78 is 5.86. The molecule has 1 heterocycles. The number of nitrogens with zero attached hydrogens (tertiary/aromatic N) is 2. The van der Waals surface area contributed by atoms with Gasteiger partial charge in [-0.3, -0.25) is 0 Å². The highest BCUT2D eigenvalue weighted by Crippen LogP contribution is 2.46. The molecule has 2 saturated carbocycles. The van der Waals surface area contributed by atoms with E-state index in [4.69, 9.17) is 9.72 Å². The molecule has 2 aliphatic rings. The molecule has 5 rings (SSSR count). The van der Waals surface area contributed by atoms with E-state index in [1.54, 1.807) is 11.3 Å². The van der Waals surface area contributed by atoms with Gasteiger partial charge in [-0.2, -0.15) is 5.26 Å². The Balaban J connectivity index is 1.25. The molecular formula is C26H26N2OS. The maximum absolute atomic E-state index is 10.1. The molecule has 3 aromatic rings. The smallest absolute Gasteiger partial charge is 0.119 e. The van der Waals surface area contributed by atoms with Gasteiger partial charge in [-0.15, -0.1) is 11.3 Å². The van der Waals surface area contributed by atoms with Crippen LogP contribution in [-0.4, -0.2) is 11.6 Å². The quantitative estimate of drug-likeness (QED) is 0.450. The number of benzene rings is 2. The zero-order chi connectivity index (χ0) is 20.4. The van der Waals surface area contributed by atoms with Gasteiger partial charge in [-0.05, 0) is 62.1 Å². The minimum Gasteiger partial charge on any atom is -0.493 e. The molecule has 4 heteroatoms. The predicted octanol–water partition coefficient (Wildman–Crippen LogP) is 6.72. The first-order valence-electron chi connectivity index (χ1n) is 10.9. The molecule has 0 atom stereocenters. The van der Waals surface area contributed by atoms with Crippen LogP contribution < -0.4 is 4.74 Å². The zero-order valence-corrected chi connectivity index (χ0v) is 17.9. The van der Waals surface area contributed by atoms with Gasteiger partial charge in [0, 0.05) is 16.9 Å². The molecule has 152 valence electrons. The van der Waals surface area contributed by atoms with Crippen molar-refractivity contribution in [3.63, 3.8) is 0 Å². The van der Waals surface area contributed by atoms with Gasteiger partial charge in [0.05, 0.1) is 28.8 Å². The number of aromatic nitrogens is 1. The van der Waals surface area contributed by atoms with E-state index in [9.17, 15) is 5.26 Å². The Bertz CT molecular complexity index is 1020. The van der Waals surface area contributed by atoms with E-state index in [0.717, 1.165) is 55.2 Å². The van der Waals surface area contributed by atoms with E-state index in [2.05, 4.69) is 47.8 Å². The first kappa shape index (κ1) is 19.3. The van der Waals surface area contributed by atoms with E-state index < -0.39 is 0 Å². The van der Waals surface area contributed by atoms with E-state index in [0.29, 0.717) is 5.92 Å². The van der Waals surface area contributed by atoms with Gasteiger partial charge < -0.3 is 4.74 Å². The fraction of sp³-hybridized carbons (Fsp3) is 0.385. The third-order valence-corrected chi connectivity index (χ3v) is 7.59. The fourth-order valence-electron chi connectivity index (χ4n) is 4.41. The van der Waals surface area contributed by atoms with Crippen molar-refractivity contribution in [1.29, 1.82) is 5.26 Å². The summed E-state index contributed by atoms with van der Waals surface area (Å²) in [5.41, 5.74) is 2.98. The first-order chi connectivity index (χ1) is 14.8. The highest BCUT2D eigenvalue weighted by Gasteiger charge is 2.38. The molecule has 2 fully saturated rings. The van der Waals surface area contributed by atoms with Crippen molar-refractivity contribution in [3.05, 3.63) is 70.5 Å². The van der Waals surface area contributed by atoms with E-state index in [-0.39, 0.29) is 5.41 Å². The van der Waals surface area contributed by atoms with Crippen LogP contribution in [0.15, 0.2) is 60.0 Å². The van der Waals surface area contributed by atoms with Crippen LogP contribution in [0.25, 0.3) is 11.3 Å². The Morgan fingerprint density at radius 3 is 2.40 bits per heavy atom. The van der Waals surface area contributed by atoms with E-state index in [1.165, 1.54) is 23.4 Å². The summed E-state index contributed by atoms with van der Waals surface area (Å²) in [4.78, 5) is 4.92. The Hall–Kier alpha value is -2.64. The highest BCUT2D eigenvalue weighted by atomic mass is 32.1. The van der Waals surface area contributed by atoms with Crippen molar-refractivity contribution in [2.75, 3.05) is 6.61 Å². The molecular weight excluding hydrogens is 388 g/mol. The van der Waals surface area contributed by atoms with Crippen LogP contribution in [0.5, 0.6) is 5.75 Å². The Morgan fingerprint density at radius 2 is 1.73 bits per heavy atom. The van der Waals surface area contributed by atoms with Gasteiger partial charge in [0.2, 0.25) is 0 Å². The lowest BCUT2D eigenvalue weighted by Gasteiger charge is -2.34. The SMILES string of the molecule is N#CC1(c2ccc(OCC3CC3)cc2)CCC(c2nc(-c3ccccc3)cs2)CC1. The lowest BCUT2D eigenvalue weighted by Crippen LogP contribution is -2.29. The van der Waals surface area contributed by atoms with Crippen molar-refractivity contribution in [3.8, 4) is 23.1 Å². The van der Waals surface area contributed by atoms with Gasteiger partial charge in [0.15, 0.2) is 0 Å². The number of ether oxygens (including phenoxy) is 1. The number of hydrogen-bond donors (Lipinski definition) is 0. The van der Waals surface area contributed by atoms with Crippen molar-refractivity contribution >= 4 is 11.3 Å². The second kappa shape index (κ2) is 8.24. The molecule has 2 aromatic carbocycles. The van der Waals surface area contributed by atoms with E-state index >= 15 is 0 Å². The maximum Gasteiger partial charge on any atom is 0.119 e. The van der Waals surface area contributed by atoms with Crippen LogP contribution in [0.1, 0.15) is 55.0 Å². The maximum atomic E-state index is 10.1. The Kier molecular flexibility index (Phi) is 5.31. The zero-order valence-electron chi connectivity index (χ0n) is 17.1. The molecule has 1 aromatic heterocycles. The summed E-state index contributed by atoms with van der Waals surface area (Å²) in [5, 5.41) is 13.4. The van der Waals surface area contributed by atoms with Gasteiger partial charge in [-0.25, -0.2) is 4.98 Å². The molecule has 0 aliphatic heterocycles. The molecule has 0 radical (unpaired) electrons. The van der Waals surface area contributed by atoms with Crippen LogP contribution >= 0.6 is 11.3 Å². The molecule has 0 amide bonds. The summed E-state index contributed by atoms with van der Waals surface area (Å²) >= 11 is 1.76. The second-order valence-corrected chi connectivity index (χ2v) is 9.57. The van der Waals surface area contributed by atoms with Gasteiger partial charge >= 0.3 is 0 Å². The average molecular weight is 415 g/mol. The topological polar surface area (TPSA) is 45.9 Å². The van der Waals surface area contributed by atoms with Crippen LogP contribution in [-0.2, 0) is 5.41 Å². The molecule has 0 saturated heterocycles. The minimum atomic E-state index is -0.384. The number of thiazole rings is 1. The van der Waals surface area contributed by atoms with Gasteiger partial charge in [0.1, 0.15) is 5.75 Å². The summed E-state index contributed by atoms with van der Waals surface area (Å²) in [7, 11) is 0. The summed E-state index contributed by atoms with van der Waals surface area (Å²) in [6.45, 7) is 0.823. The molecule has 0 unspecified atom stereocenters. The summed E-state index contributed by atoms with van der Waals surface area (Å²) in [6.07, 6.45) is 6.38. The lowest BCUT2D eigenvalue weighted by atomic mass is 9.67. The number of nitriles is 1. The Morgan fingerprint density at radius 1 is 1.00 bits per heavy atom. The third kappa shape index (κ3) is 4.00. The molecule has 0 bridgehead atoms. The Labute approximate surface area is 182 Å². The molecule has 30 heavy (non-hydrogen) atoms.